The summed E-state index contributed by atoms with van der Waals surface area (Å²) in [5.74, 6) is 0. The third kappa shape index (κ3) is 3.40. The van der Waals surface area contributed by atoms with Crippen molar-refractivity contribution in [3.05, 3.63) is 28.9 Å². The van der Waals surface area contributed by atoms with Crippen LogP contribution in [0.15, 0.2) is 23.4 Å². The Balaban J connectivity index is 2.66. The Hall–Kier alpha value is -1.12. The van der Waals surface area contributed by atoms with E-state index in [1.807, 2.05) is 0 Å². The van der Waals surface area contributed by atoms with Gasteiger partial charge in [0.15, 0.2) is 0 Å². The first-order chi connectivity index (χ1) is 5.99. The molecule has 0 saturated heterocycles. The Morgan fingerprint density at radius 3 is 2.69 bits per heavy atom. The predicted octanol–water partition coefficient (Wildman–Crippen LogP) is 1.68. The molecule has 0 aliphatic rings. The average molecular weight is 180 g/mol. The van der Waals surface area contributed by atoms with Gasteiger partial charge in [0.1, 0.15) is 0 Å². The zero-order chi connectivity index (χ0) is 9.90. The number of aromatic nitrogens is 2. The van der Waals surface area contributed by atoms with Crippen LogP contribution < -0.4 is 5.56 Å². The molecule has 0 fully saturated rings. The van der Waals surface area contributed by atoms with Crippen LogP contribution in [0.5, 0.6) is 0 Å². The Morgan fingerprint density at radius 1 is 1.46 bits per heavy atom. The zero-order valence-electron chi connectivity index (χ0n) is 8.45. The SMILES string of the molecule is CC(C)(C)CCn1cnccc1=O. The van der Waals surface area contributed by atoms with E-state index in [0.717, 1.165) is 13.0 Å². The van der Waals surface area contributed by atoms with Crippen LogP contribution in [-0.2, 0) is 6.54 Å². The van der Waals surface area contributed by atoms with Crippen LogP contribution in [0, 0.1) is 5.41 Å². The minimum atomic E-state index is 0.0271. The molecule has 0 saturated carbocycles. The van der Waals surface area contributed by atoms with Gasteiger partial charge in [0.2, 0.25) is 0 Å². The number of aryl methyl sites for hydroxylation is 1. The first-order valence-corrected chi connectivity index (χ1v) is 4.49. The van der Waals surface area contributed by atoms with Gasteiger partial charge in [-0.2, -0.15) is 0 Å². The van der Waals surface area contributed by atoms with E-state index < -0.39 is 0 Å². The predicted molar refractivity (Wildman–Crippen MR) is 52.6 cm³/mol. The maximum atomic E-state index is 11.3. The van der Waals surface area contributed by atoms with Crippen molar-refractivity contribution in [3.63, 3.8) is 0 Å². The molecule has 1 rings (SSSR count). The van der Waals surface area contributed by atoms with Gasteiger partial charge in [0.25, 0.3) is 5.56 Å². The van der Waals surface area contributed by atoms with Gasteiger partial charge in [-0.15, -0.1) is 0 Å². The summed E-state index contributed by atoms with van der Waals surface area (Å²) in [6.45, 7) is 7.23. The molecule has 0 radical (unpaired) electrons. The molecular formula is C10H16N2O. The van der Waals surface area contributed by atoms with Crippen molar-refractivity contribution in [1.82, 2.24) is 9.55 Å². The highest BCUT2D eigenvalue weighted by molar-refractivity contribution is 4.82. The van der Waals surface area contributed by atoms with E-state index >= 15 is 0 Å². The second-order valence-corrected chi connectivity index (χ2v) is 4.42. The van der Waals surface area contributed by atoms with Gasteiger partial charge in [-0.1, -0.05) is 20.8 Å². The van der Waals surface area contributed by atoms with E-state index in [4.69, 9.17) is 0 Å². The topological polar surface area (TPSA) is 34.9 Å². The summed E-state index contributed by atoms with van der Waals surface area (Å²) in [7, 11) is 0. The van der Waals surface area contributed by atoms with E-state index in [2.05, 4.69) is 25.8 Å². The molecule has 0 aliphatic carbocycles. The van der Waals surface area contributed by atoms with Gasteiger partial charge in [-0.3, -0.25) is 9.36 Å². The molecule has 72 valence electrons. The number of nitrogens with zero attached hydrogens (tertiary/aromatic N) is 2. The summed E-state index contributed by atoms with van der Waals surface area (Å²) in [4.78, 5) is 15.2. The molecule has 0 unspecified atom stereocenters. The van der Waals surface area contributed by atoms with Gasteiger partial charge in [-0.05, 0) is 11.8 Å². The number of hydrogen-bond acceptors (Lipinski definition) is 2. The molecule has 0 aliphatic heterocycles. The van der Waals surface area contributed by atoms with Crippen molar-refractivity contribution in [2.75, 3.05) is 0 Å². The molecule has 1 aromatic rings. The summed E-state index contributed by atoms with van der Waals surface area (Å²) in [6.07, 6.45) is 4.10. The zero-order valence-corrected chi connectivity index (χ0v) is 8.45. The number of rotatable bonds is 2. The second kappa shape index (κ2) is 3.73. The van der Waals surface area contributed by atoms with Crippen LogP contribution in [0.1, 0.15) is 27.2 Å². The van der Waals surface area contributed by atoms with Gasteiger partial charge in [-0.25, -0.2) is 4.98 Å². The first kappa shape index (κ1) is 9.96. The van der Waals surface area contributed by atoms with Crippen LogP contribution in [-0.4, -0.2) is 9.55 Å². The third-order valence-corrected chi connectivity index (χ3v) is 1.90. The van der Waals surface area contributed by atoms with Crippen molar-refractivity contribution in [2.45, 2.75) is 33.7 Å². The first-order valence-electron chi connectivity index (χ1n) is 4.49. The highest BCUT2D eigenvalue weighted by Crippen LogP contribution is 2.18. The summed E-state index contributed by atoms with van der Waals surface area (Å²) in [5, 5.41) is 0. The molecular weight excluding hydrogens is 164 g/mol. The highest BCUT2D eigenvalue weighted by atomic mass is 16.1. The maximum absolute atomic E-state index is 11.3. The summed E-state index contributed by atoms with van der Waals surface area (Å²) in [5.41, 5.74) is 0.286. The molecule has 0 amide bonds. The molecule has 1 heterocycles. The minimum absolute atomic E-state index is 0.0271. The minimum Gasteiger partial charge on any atom is -0.299 e. The Bertz CT molecular complexity index is 322. The summed E-state index contributed by atoms with van der Waals surface area (Å²) >= 11 is 0. The molecule has 0 N–H and O–H groups in total. The highest BCUT2D eigenvalue weighted by Gasteiger charge is 2.09. The monoisotopic (exact) mass is 180 g/mol. The lowest BCUT2D eigenvalue weighted by Crippen LogP contribution is -2.21. The normalized spacial score (nSPS) is 11.6. The largest absolute Gasteiger partial charge is 0.299 e. The van der Waals surface area contributed by atoms with Crippen molar-refractivity contribution in [3.8, 4) is 0 Å². The fraction of sp³-hybridized carbons (Fsp3) is 0.600. The number of hydrogen-bond donors (Lipinski definition) is 0. The van der Waals surface area contributed by atoms with E-state index in [1.54, 1.807) is 10.9 Å². The van der Waals surface area contributed by atoms with Crippen LogP contribution in [0.2, 0.25) is 0 Å². The molecule has 0 spiro atoms. The quantitative estimate of drug-likeness (QED) is 0.694. The van der Waals surface area contributed by atoms with Gasteiger partial charge in [0.05, 0.1) is 6.33 Å². The Kier molecular flexibility index (Phi) is 2.86. The van der Waals surface area contributed by atoms with E-state index in [9.17, 15) is 4.79 Å². The molecule has 13 heavy (non-hydrogen) atoms. The van der Waals surface area contributed by atoms with Crippen molar-refractivity contribution in [1.29, 1.82) is 0 Å². The third-order valence-electron chi connectivity index (χ3n) is 1.90. The van der Waals surface area contributed by atoms with Crippen molar-refractivity contribution in [2.24, 2.45) is 5.41 Å². The fourth-order valence-electron chi connectivity index (χ4n) is 1.00. The lowest BCUT2D eigenvalue weighted by atomic mass is 9.92. The van der Waals surface area contributed by atoms with E-state index in [1.165, 1.54) is 12.3 Å². The standard InChI is InChI=1S/C10H16N2O/c1-10(2,3)5-7-12-8-11-6-4-9(12)13/h4,6,8H,5,7H2,1-3H3. The summed E-state index contributed by atoms with van der Waals surface area (Å²) < 4.78 is 1.64. The van der Waals surface area contributed by atoms with Crippen LogP contribution in [0.25, 0.3) is 0 Å². The second-order valence-electron chi connectivity index (χ2n) is 4.42. The van der Waals surface area contributed by atoms with Crippen LogP contribution in [0.3, 0.4) is 0 Å². The smallest absolute Gasteiger partial charge is 0.253 e. The fourth-order valence-corrected chi connectivity index (χ4v) is 1.00. The van der Waals surface area contributed by atoms with E-state index in [-0.39, 0.29) is 11.0 Å². The Morgan fingerprint density at radius 2 is 2.15 bits per heavy atom. The van der Waals surface area contributed by atoms with Crippen molar-refractivity contribution < 1.29 is 0 Å². The van der Waals surface area contributed by atoms with Crippen LogP contribution >= 0.6 is 0 Å². The molecule has 0 atom stereocenters. The van der Waals surface area contributed by atoms with E-state index in [0.29, 0.717) is 0 Å². The van der Waals surface area contributed by atoms with Gasteiger partial charge >= 0.3 is 0 Å². The Labute approximate surface area is 78.4 Å². The lowest BCUT2D eigenvalue weighted by molar-refractivity contribution is 0.347. The summed E-state index contributed by atoms with van der Waals surface area (Å²) in [6, 6.07) is 1.49. The molecule has 3 nitrogen and oxygen atoms in total. The average Bonchev–Trinajstić information content (AvgIpc) is 2.01. The van der Waals surface area contributed by atoms with Gasteiger partial charge in [0, 0.05) is 18.8 Å². The van der Waals surface area contributed by atoms with Crippen molar-refractivity contribution >= 4 is 0 Å². The molecule has 0 aromatic carbocycles. The van der Waals surface area contributed by atoms with Crippen LogP contribution in [0.4, 0.5) is 0 Å². The molecule has 3 heteroatoms. The lowest BCUT2D eigenvalue weighted by Gasteiger charge is -2.18. The maximum Gasteiger partial charge on any atom is 0.253 e. The molecule has 1 aromatic heterocycles. The van der Waals surface area contributed by atoms with Gasteiger partial charge < -0.3 is 0 Å². The molecule has 0 bridgehead atoms.